The molecule has 0 nitrogen and oxygen atoms in total. The molecule has 0 aliphatic heterocycles. The molecule has 0 aliphatic rings. The fourth-order valence-electron chi connectivity index (χ4n) is 2.76. The van der Waals surface area contributed by atoms with Crippen LogP contribution in [0, 0.1) is 13.8 Å². The van der Waals surface area contributed by atoms with Crippen molar-refractivity contribution in [1.82, 2.24) is 0 Å². The van der Waals surface area contributed by atoms with E-state index in [0.717, 1.165) is 10.6 Å². The monoisotopic (exact) mass is 358 g/mol. The van der Waals surface area contributed by atoms with E-state index in [2.05, 4.69) is 72.2 Å². The van der Waals surface area contributed by atoms with Gasteiger partial charge in [-0.15, -0.1) is 0 Å². The van der Waals surface area contributed by atoms with Gasteiger partial charge in [-0.2, -0.15) is 0 Å². The second-order valence-corrected chi connectivity index (χ2v) is 6.66. The summed E-state index contributed by atoms with van der Waals surface area (Å²) < 4.78 is 0. The van der Waals surface area contributed by atoms with Gasteiger partial charge in [0.15, 0.2) is 0 Å². The molecule has 3 aromatic carbocycles. The van der Waals surface area contributed by atoms with Gasteiger partial charge in [0, 0.05) is 5.02 Å². The normalized spacial score (nSPS) is 12.6. The van der Waals surface area contributed by atoms with E-state index in [0.29, 0.717) is 0 Å². The predicted molar refractivity (Wildman–Crippen MR) is 95.6 cm³/mol. The highest BCUT2D eigenvalue weighted by atomic mass is 79.9. The lowest BCUT2D eigenvalue weighted by molar-refractivity contribution is 1.16. The molecule has 0 amide bonds. The second kappa shape index (κ2) is 5.82. The van der Waals surface area contributed by atoms with Crippen molar-refractivity contribution in [3.05, 3.63) is 81.9 Å². The maximum Gasteiger partial charge on any atom is 0.0653 e. The van der Waals surface area contributed by atoms with Crippen LogP contribution >= 0.6 is 27.5 Å². The molecule has 21 heavy (non-hydrogen) atoms. The second-order valence-electron chi connectivity index (χ2n) is 5.33. The van der Waals surface area contributed by atoms with Crippen LogP contribution in [-0.2, 0) is 0 Å². The average Bonchev–Trinajstić information content (AvgIpc) is 2.50. The first-order valence-electron chi connectivity index (χ1n) is 6.97. The smallest absolute Gasteiger partial charge is 0.0653 e. The molecule has 0 aliphatic carbocycles. The summed E-state index contributed by atoms with van der Waals surface area (Å²) in [4.78, 5) is 0.140. The Balaban J connectivity index is 2.21. The number of alkyl halides is 1. The molecule has 0 aromatic heterocycles. The molecule has 3 aromatic rings. The highest BCUT2D eigenvalue weighted by Crippen LogP contribution is 2.38. The first-order valence-corrected chi connectivity index (χ1v) is 8.26. The molecule has 0 saturated heterocycles. The molecule has 0 bridgehead atoms. The molecule has 0 spiro atoms. The largest absolute Gasteiger partial charge is 0.0840 e. The number of benzene rings is 3. The standard InChI is InChI=1S/C19H16BrCl/c1-12-10-11-17(16-7-4-3-6-14(12)16)19(20)15-8-5-9-18(21)13(15)2/h3-11,19H,1-2H3. The van der Waals surface area contributed by atoms with Gasteiger partial charge < -0.3 is 0 Å². The van der Waals surface area contributed by atoms with Gasteiger partial charge in [-0.05, 0) is 52.9 Å². The van der Waals surface area contributed by atoms with E-state index in [1.165, 1.54) is 27.5 Å². The molecule has 0 radical (unpaired) electrons. The Labute approximate surface area is 138 Å². The molecule has 1 unspecified atom stereocenters. The van der Waals surface area contributed by atoms with Crippen LogP contribution in [0.3, 0.4) is 0 Å². The third kappa shape index (κ3) is 2.61. The van der Waals surface area contributed by atoms with Gasteiger partial charge in [-0.25, -0.2) is 0 Å². The van der Waals surface area contributed by atoms with Crippen molar-refractivity contribution in [2.75, 3.05) is 0 Å². The van der Waals surface area contributed by atoms with Crippen molar-refractivity contribution in [2.45, 2.75) is 18.7 Å². The summed E-state index contributed by atoms with van der Waals surface area (Å²) in [6, 6.07) is 19.0. The van der Waals surface area contributed by atoms with Crippen molar-refractivity contribution in [3.63, 3.8) is 0 Å². The summed E-state index contributed by atoms with van der Waals surface area (Å²) in [5, 5.41) is 3.41. The zero-order valence-corrected chi connectivity index (χ0v) is 14.4. The lowest BCUT2D eigenvalue weighted by Gasteiger charge is -2.17. The SMILES string of the molecule is Cc1c(Cl)cccc1C(Br)c1ccc(C)c2ccccc12. The van der Waals surface area contributed by atoms with Crippen LogP contribution in [0.1, 0.15) is 27.1 Å². The Hall–Kier alpha value is -1.31. The van der Waals surface area contributed by atoms with Crippen LogP contribution in [0.5, 0.6) is 0 Å². The van der Waals surface area contributed by atoms with E-state index in [4.69, 9.17) is 11.6 Å². The summed E-state index contributed by atoms with van der Waals surface area (Å²) in [7, 11) is 0. The average molecular weight is 360 g/mol. The number of hydrogen-bond acceptors (Lipinski definition) is 0. The van der Waals surface area contributed by atoms with Crippen LogP contribution in [0.2, 0.25) is 5.02 Å². The summed E-state index contributed by atoms with van der Waals surface area (Å²) >= 11 is 10.1. The van der Waals surface area contributed by atoms with Crippen molar-refractivity contribution >= 4 is 38.3 Å². The van der Waals surface area contributed by atoms with E-state index in [9.17, 15) is 0 Å². The first-order chi connectivity index (χ1) is 10.1. The minimum Gasteiger partial charge on any atom is -0.0840 e. The zero-order valence-electron chi connectivity index (χ0n) is 12.0. The molecule has 0 N–H and O–H groups in total. The van der Waals surface area contributed by atoms with Crippen LogP contribution in [0.4, 0.5) is 0 Å². The van der Waals surface area contributed by atoms with Gasteiger partial charge in [0.25, 0.3) is 0 Å². The van der Waals surface area contributed by atoms with Crippen molar-refractivity contribution in [3.8, 4) is 0 Å². The van der Waals surface area contributed by atoms with Crippen molar-refractivity contribution in [2.24, 2.45) is 0 Å². The molecular weight excluding hydrogens is 344 g/mol. The van der Waals surface area contributed by atoms with Gasteiger partial charge in [0.1, 0.15) is 0 Å². The lowest BCUT2D eigenvalue weighted by Crippen LogP contribution is -1.98. The molecule has 1 atom stereocenters. The summed E-state index contributed by atoms with van der Waals surface area (Å²) in [5.74, 6) is 0. The van der Waals surface area contributed by atoms with Gasteiger partial charge in [0.2, 0.25) is 0 Å². The number of halogens is 2. The molecule has 2 heteroatoms. The Morgan fingerprint density at radius 1 is 0.810 bits per heavy atom. The van der Waals surface area contributed by atoms with Gasteiger partial charge in [0.05, 0.1) is 4.83 Å². The Morgan fingerprint density at radius 3 is 2.29 bits per heavy atom. The van der Waals surface area contributed by atoms with Gasteiger partial charge in [-0.1, -0.05) is 76.1 Å². The number of aryl methyl sites for hydroxylation is 1. The van der Waals surface area contributed by atoms with Crippen LogP contribution in [-0.4, -0.2) is 0 Å². The summed E-state index contributed by atoms with van der Waals surface area (Å²) in [5.41, 5.74) is 4.93. The topological polar surface area (TPSA) is 0 Å². The highest BCUT2D eigenvalue weighted by Gasteiger charge is 2.16. The number of hydrogen-bond donors (Lipinski definition) is 0. The molecule has 106 valence electrons. The molecule has 0 fully saturated rings. The fraction of sp³-hybridized carbons (Fsp3) is 0.158. The van der Waals surface area contributed by atoms with Gasteiger partial charge in [-0.3, -0.25) is 0 Å². The van der Waals surface area contributed by atoms with Crippen LogP contribution in [0.25, 0.3) is 10.8 Å². The van der Waals surface area contributed by atoms with E-state index < -0.39 is 0 Å². The molecule has 0 saturated carbocycles. The van der Waals surface area contributed by atoms with E-state index >= 15 is 0 Å². The van der Waals surface area contributed by atoms with E-state index in [1.54, 1.807) is 0 Å². The summed E-state index contributed by atoms with van der Waals surface area (Å²) in [6.07, 6.45) is 0. The van der Waals surface area contributed by atoms with E-state index in [-0.39, 0.29) is 4.83 Å². The molecular formula is C19H16BrCl. The Bertz CT molecular complexity index is 808. The van der Waals surface area contributed by atoms with Crippen molar-refractivity contribution in [1.29, 1.82) is 0 Å². The van der Waals surface area contributed by atoms with Crippen molar-refractivity contribution < 1.29 is 0 Å². The third-order valence-electron chi connectivity index (χ3n) is 4.03. The summed E-state index contributed by atoms with van der Waals surface area (Å²) in [6.45, 7) is 4.22. The first kappa shape index (κ1) is 14.6. The minimum atomic E-state index is 0.140. The predicted octanol–water partition coefficient (Wildman–Crippen LogP) is 6.59. The quantitative estimate of drug-likeness (QED) is 0.452. The van der Waals surface area contributed by atoms with Crippen LogP contribution in [0.15, 0.2) is 54.6 Å². The third-order valence-corrected chi connectivity index (χ3v) is 5.43. The molecule has 0 heterocycles. The highest BCUT2D eigenvalue weighted by molar-refractivity contribution is 9.09. The lowest BCUT2D eigenvalue weighted by atomic mass is 9.94. The van der Waals surface area contributed by atoms with Crippen LogP contribution < -0.4 is 0 Å². The van der Waals surface area contributed by atoms with E-state index in [1.807, 2.05) is 12.1 Å². The Kier molecular flexibility index (Phi) is 4.05. The van der Waals surface area contributed by atoms with Gasteiger partial charge >= 0.3 is 0 Å². The fourth-order valence-corrected chi connectivity index (χ4v) is 3.84. The maximum absolute atomic E-state index is 6.27. The minimum absolute atomic E-state index is 0.140. The number of fused-ring (bicyclic) bond motifs is 1. The maximum atomic E-state index is 6.27. The molecule has 3 rings (SSSR count). The number of rotatable bonds is 2. The Morgan fingerprint density at radius 2 is 1.52 bits per heavy atom. The zero-order chi connectivity index (χ0) is 15.0.